The normalized spacial score (nSPS) is 11.2. The fourth-order valence-electron chi connectivity index (χ4n) is 1.29. The molecule has 1 N–H and O–H groups in total. The van der Waals surface area contributed by atoms with Crippen LogP contribution in [0.5, 0.6) is 5.75 Å². The minimum atomic E-state index is -4.95. The number of carbonyl (C=O) groups is 1. The summed E-state index contributed by atoms with van der Waals surface area (Å²) in [5.41, 5.74) is 0.663. The fourth-order valence-corrected chi connectivity index (χ4v) is 2.04. The molecule has 2 aromatic rings. The van der Waals surface area contributed by atoms with Crippen molar-refractivity contribution >= 4 is 22.4 Å². The molecule has 5 nitrogen and oxygen atoms in total. The van der Waals surface area contributed by atoms with Crippen LogP contribution in [0.3, 0.4) is 0 Å². The maximum absolute atomic E-state index is 12.1. The minimum Gasteiger partial charge on any atom is -0.497 e. The van der Waals surface area contributed by atoms with Crippen molar-refractivity contribution in [2.75, 3.05) is 12.4 Å². The number of hydrogen-bond acceptors (Lipinski definition) is 5. The lowest BCUT2D eigenvalue weighted by Gasteiger charge is -2.03. The molecule has 0 saturated heterocycles. The zero-order valence-corrected chi connectivity index (χ0v) is 10.9. The highest BCUT2D eigenvalue weighted by Gasteiger charge is 2.39. The Bertz CT molecular complexity index is 610. The Morgan fingerprint density at radius 2 is 1.90 bits per heavy atom. The molecule has 1 aromatic heterocycles. The molecule has 0 radical (unpaired) electrons. The Morgan fingerprint density at radius 3 is 2.45 bits per heavy atom. The van der Waals surface area contributed by atoms with E-state index < -0.39 is 12.1 Å². The van der Waals surface area contributed by atoms with Crippen LogP contribution in [0.2, 0.25) is 0 Å². The Kier molecular flexibility index (Phi) is 3.89. The molecule has 0 fully saturated rings. The lowest BCUT2D eigenvalue weighted by molar-refractivity contribution is -0.167. The van der Waals surface area contributed by atoms with Crippen molar-refractivity contribution in [2.45, 2.75) is 6.18 Å². The molecule has 0 spiro atoms. The number of ether oxygens (including phenoxy) is 1. The van der Waals surface area contributed by atoms with Gasteiger partial charge in [0.2, 0.25) is 5.13 Å². The maximum atomic E-state index is 12.1. The highest BCUT2D eigenvalue weighted by atomic mass is 32.1. The number of benzene rings is 1. The van der Waals surface area contributed by atoms with E-state index in [0.29, 0.717) is 16.3 Å². The van der Waals surface area contributed by atoms with Gasteiger partial charge in [-0.3, -0.25) is 10.1 Å². The van der Waals surface area contributed by atoms with Crippen molar-refractivity contribution in [1.82, 2.24) is 10.2 Å². The van der Waals surface area contributed by atoms with E-state index in [1.165, 1.54) is 7.11 Å². The topological polar surface area (TPSA) is 64.1 Å². The molecule has 20 heavy (non-hydrogen) atoms. The molecule has 9 heteroatoms. The molecule has 0 aliphatic carbocycles. The number of rotatable bonds is 3. The van der Waals surface area contributed by atoms with Gasteiger partial charge in [0.1, 0.15) is 10.8 Å². The predicted octanol–water partition coefficient (Wildman–Crippen LogP) is 2.71. The molecular weight excluding hydrogens is 295 g/mol. The van der Waals surface area contributed by atoms with E-state index in [0.717, 1.165) is 11.3 Å². The molecule has 0 bridgehead atoms. The van der Waals surface area contributed by atoms with Gasteiger partial charge in [0.15, 0.2) is 0 Å². The molecule has 1 aromatic carbocycles. The summed E-state index contributed by atoms with van der Waals surface area (Å²) in [6.07, 6.45) is -4.95. The molecule has 0 unspecified atom stereocenters. The van der Waals surface area contributed by atoms with E-state index in [1.807, 2.05) is 0 Å². The van der Waals surface area contributed by atoms with Crippen LogP contribution in [-0.4, -0.2) is 29.4 Å². The van der Waals surface area contributed by atoms with Gasteiger partial charge in [-0.25, -0.2) is 0 Å². The second kappa shape index (κ2) is 5.45. The van der Waals surface area contributed by atoms with Gasteiger partial charge in [-0.1, -0.05) is 11.3 Å². The van der Waals surface area contributed by atoms with Crippen molar-refractivity contribution in [3.8, 4) is 16.3 Å². The smallest absolute Gasteiger partial charge is 0.471 e. The van der Waals surface area contributed by atoms with E-state index in [1.54, 1.807) is 29.6 Å². The largest absolute Gasteiger partial charge is 0.497 e. The second-order valence-corrected chi connectivity index (χ2v) is 4.57. The standard InChI is InChI=1S/C11H8F3N3O2S/c1-19-7-4-2-6(3-5-7)8-16-17-10(20-8)15-9(18)11(12,13)14/h2-5H,1H3,(H,15,17,18). The van der Waals surface area contributed by atoms with Crippen LogP contribution in [0.25, 0.3) is 10.6 Å². The van der Waals surface area contributed by atoms with Crippen LogP contribution in [0.4, 0.5) is 18.3 Å². The molecule has 2 rings (SSSR count). The van der Waals surface area contributed by atoms with Crippen molar-refractivity contribution in [3.05, 3.63) is 24.3 Å². The number of hydrogen-bond donors (Lipinski definition) is 1. The molecular formula is C11H8F3N3O2S. The Hall–Kier alpha value is -2.16. The highest BCUT2D eigenvalue weighted by Crippen LogP contribution is 2.28. The number of methoxy groups -OCH3 is 1. The summed E-state index contributed by atoms with van der Waals surface area (Å²) in [6, 6.07) is 6.75. The SMILES string of the molecule is COc1ccc(-c2nnc(NC(=O)C(F)(F)F)s2)cc1. The van der Waals surface area contributed by atoms with Crippen molar-refractivity contribution < 1.29 is 22.7 Å². The zero-order valence-electron chi connectivity index (χ0n) is 10.1. The van der Waals surface area contributed by atoms with Crippen molar-refractivity contribution in [2.24, 2.45) is 0 Å². The lowest BCUT2D eigenvalue weighted by atomic mass is 10.2. The van der Waals surface area contributed by atoms with E-state index >= 15 is 0 Å². The van der Waals surface area contributed by atoms with Gasteiger partial charge >= 0.3 is 12.1 Å². The Balaban J connectivity index is 2.14. The summed E-state index contributed by atoms with van der Waals surface area (Å²) in [6.45, 7) is 0. The first-order chi connectivity index (χ1) is 9.40. The summed E-state index contributed by atoms with van der Waals surface area (Å²) in [5.74, 6) is -1.43. The maximum Gasteiger partial charge on any atom is 0.471 e. The summed E-state index contributed by atoms with van der Waals surface area (Å²) in [5, 5.41) is 9.05. The van der Waals surface area contributed by atoms with E-state index in [9.17, 15) is 18.0 Å². The van der Waals surface area contributed by atoms with Crippen LogP contribution in [0, 0.1) is 0 Å². The van der Waals surface area contributed by atoms with Crippen molar-refractivity contribution in [3.63, 3.8) is 0 Å². The molecule has 0 atom stereocenters. The van der Waals surface area contributed by atoms with Crippen LogP contribution in [-0.2, 0) is 4.79 Å². The predicted molar refractivity (Wildman–Crippen MR) is 66.6 cm³/mol. The lowest BCUT2D eigenvalue weighted by Crippen LogP contribution is -2.29. The zero-order chi connectivity index (χ0) is 14.8. The third-order valence-electron chi connectivity index (χ3n) is 2.24. The quantitative estimate of drug-likeness (QED) is 0.947. The molecule has 0 saturated carbocycles. The van der Waals surface area contributed by atoms with Gasteiger partial charge < -0.3 is 4.74 Å². The first-order valence-electron chi connectivity index (χ1n) is 5.26. The van der Waals surface area contributed by atoms with Crippen LogP contribution >= 0.6 is 11.3 Å². The summed E-state index contributed by atoms with van der Waals surface area (Å²) in [4.78, 5) is 10.7. The van der Waals surface area contributed by atoms with E-state index in [-0.39, 0.29) is 5.13 Å². The monoisotopic (exact) mass is 303 g/mol. The van der Waals surface area contributed by atoms with Crippen molar-refractivity contribution in [1.29, 1.82) is 0 Å². The number of nitrogens with one attached hydrogen (secondary N) is 1. The van der Waals surface area contributed by atoms with Gasteiger partial charge in [0.25, 0.3) is 0 Å². The molecule has 0 aliphatic heterocycles. The molecule has 106 valence electrons. The number of halogens is 3. The number of alkyl halides is 3. The molecule has 1 heterocycles. The second-order valence-electron chi connectivity index (χ2n) is 3.59. The van der Waals surface area contributed by atoms with Gasteiger partial charge in [-0.2, -0.15) is 13.2 Å². The minimum absolute atomic E-state index is 0.210. The molecule has 0 aliphatic rings. The first-order valence-corrected chi connectivity index (χ1v) is 6.08. The first kappa shape index (κ1) is 14.3. The Labute approximate surface area is 115 Å². The number of anilines is 1. The third kappa shape index (κ3) is 3.23. The van der Waals surface area contributed by atoms with Crippen LogP contribution in [0.15, 0.2) is 24.3 Å². The Morgan fingerprint density at radius 1 is 1.25 bits per heavy atom. The van der Waals surface area contributed by atoms with Gasteiger partial charge in [0, 0.05) is 5.56 Å². The third-order valence-corrected chi connectivity index (χ3v) is 3.13. The number of nitrogens with zero attached hydrogens (tertiary/aromatic N) is 2. The number of amides is 1. The fraction of sp³-hybridized carbons (Fsp3) is 0.182. The van der Waals surface area contributed by atoms with E-state index in [4.69, 9.17) is 4.74 Å². The highest BCUT2D eigenvalue weighted by molar-refractivity contribution is 7.18. The van der Waals surface area contributed by atoms with Crippen LogP contribution < -0.4 is 10.1 Å². The summed E-state index contributed by atoms with van der Waals surface area (Å²) < 4.78 is 41.2. The van der Waals surface area contributed by atoms with E-state index in [2.05, 4.69) is 10.2 Å². The summed E-state index contributed by atoms with van der Waals surface area (Å²) >= 11 is 0.849. The van der Waals surface area contributed by atoms with Crippen LogP contribution in [0.1, 0.15) is 0 Å². The van der Waals surface area contributed by atoms with Gasteiger partial charge in [0.05, 0.1) is 7.11 Å². The van der Waals surface area contributed by atoms with Gasteiger partial charge in [-0.15, -0.1) is 10.2 Å². The average molecular weight is 303 g/mol. The molecule has 1 amide bonds. The summed E-state index contributed by atoms with van der Waals surface area (Å²) in [7, 11) is 1.52. The average Bonchev–Trinajstić information content (AvgIpc) is 2.86. The van der Waals surface area contributed by atoms with Gasteiger partial charge in [-0.05, 0) is 24.3 Å². The number of carbonyl (C=O) groups excluding carboxylic acids is 1. The number of aromatic nitrogens is 2.